The highest BCUT2D eigenvalue weighted by Gasteiger charge is 2.29. The molecule has 2 heterocycles. The van der Waals surface area contributed by atoms with Gasteiger partial charge in [0.25, 0.3) is 5.91 Å². The van der Waals surface area contributed by atoms with Crippen LogP contribution in [0.3, 0.4) is 0 Å². The molecule has 6 nitrogen and oxygen atoms in total. The molecule has 1 fully saturated rings. The van der Waals surface area contributed by atoms with Gasteiger partial charge in [0.1, 0.15) is 15.8 Å². The maximum absolute atomic E-state index is 12.0. The van der Waals surface area contributed by atoms with Gasteiger partial charge in [0.05, 0.1) is 9.80 Å². The maximum Gasteiger partial charge on any atom is 0.266 e. The Morgan fingerprint density at radius 1 is 1.21 bits per heavy atom. The van der Waals surface area contributed by atoms with Crippen molar-refractivity contribution in [3.05, 3.63) is 47.1 Å². The number of rotatable bonds is 3. The molecule has 1 saturated heterocycles. The van der Waals surface area contributed by atoms with Gasteiger partial charge >= 0.3 is 0 Å². The molecule has 24 heavy (non-hydrogen) atoms. The van der Waals surface area contributed by atoms with E-state index >= 15 is 0 Å². The minimum atomic E-state index is -3.73. The maximum atomic E-state index is 12.0. The topological polar surface area (TPSA) is 93.6 Å². The lowest BCUT2D eigenvalue weighted by molar-refractivity contribution is -0.121. The van der Waals surface area contributed by atoms with Crippen molar-refractivity contribution in [2.45, 2.75) is 4.90 Å². The molecule has 3 rings (SSSR count). The lowest BCUT2D eigenvalue weighted by Gasteiger charge is -2.03. The zero-order valence-corrected chi connectivity index (χ0v) is 14.9. The second kappa shape index (κ2) is 6.17. The van der Waals surface area contributed by atoms with Crippen LogP contribution in [-0.2, 0) is 14.8 Å². The van der Waals surface area contributed by atoms with Gasteiger partial charge in [0.15, 0.2) is 0 Å². The van der Waals surface area contributed by atoms with Gasteiger partial charge in [-0.3, -0.25) is 9.69 Å². The average Bonchev–Trinajstić information content (AvgIpc) is 3.08. The van der Waals surface area contributed by atoms with Crippen LogP contribution >= 0.6 is 24.0 Å². The van der Waals surface area contributed by atoms with Crippen LogP contribution in [0.4, 0.5) is 0 Å². The van der Waals surface area contributed by atoms with E-state index in [4.69, 9.17) is 21.8 Å². The highest BCUT2D eigenvalue weighted by Crippen LogP contribution is 2.32. The SMILES string of the molecule is CN1C(=O)/C(=C/c2ccc(-c3ccc(S(N)(=O)=O)cc3)o2)SC1=S. The van der Waals surface area contributed by atoms with Crippen molar-refractivity contribution in [1.29, 1.82) is 0 Å². The predicted octanol–water partition coefficient (Wildman–Crippen LogP) is 2.43. The third-order valence-electron chi connectivity index (χ3n) is 3.35. The number of nitrogens with zero attached hydrogens (tertiary/aromatic N) is 1. The fourth-order valence-electron chi connectivity index (χ4n) is 2.07. The van der Waals surface area contributed by atoms with Crippen LogP contribution in [0.5, 0.6) is 0 Å². The first kappa shape index (κ1) is 16.9. The second-order valence-corrected chi connectivity index (χ2v) is 8.25. The zero-order valence-electron chi connectivity index (χ0n) is 12.4. The molecule has 9 heteroatoms. The third-order valence-corrected chi connectivity index (χ3v) is 5.77. The zero-order chi connectivity index (χ0) is 17.5. The number of primary sulfonamides is 1. The average molecular weight is 380 g/mol. The summed E-state index contributed by atoms with van der Waals surface area (Å²) >= 11 is 6.29. The molecule has 2 N–H and O–H groups in total. The molecule has 0 spiro atoms. The van der Waals surface area contributed by atoms with Crippen LogP contribution in [0.2, 0.25) is 0 Å². The smallest absolute Gasteiger partial charge is 0.266 e. The van der Waals surface area contributed by atoms with Crippen molar-refractivity contribution < 1.29 is 17.6 Å². The van der Waals surface area contributed by atoms with Gasteiger partial charge in [0, 0.05) is 18.7 Å². The molecule has 2 aromatic rings. The number of carbonyl (C=O) groups is 1. The van der Waals surface area contributed by atoms with Crippen molar-refractivity contribution in [2.75, 3.05) is 7.05 Å². The summed E-state index contributed by atoms with van der Waals surface area (Å²) in [5.74, 6) is 0.893. The van der Waals surface area contributed by atoms with Gasteiger partial charge in [-0.25, -0.2) is 13.6 Å². The van der Waals surface area contributed by atoms with E-state index in [1.54, 1.807) is 37.4 Å². The van der Waals surface area contributed by atoms with Crippen LogP contribution in [0.1, 0.15) is 5.76 Å². The Labute approximate surface area is 148 Å². The molecule has 0 radical (unpaired) electrons. The van der Waals surface area contributed by atoms with E-state index in [1.165, 1.54) is 28.8 Å². The van der Waals surface area contributed by atoms with Gasteiger partial charge in [-0.2, -0.15) is 0 Å². The standard InChI is InChI=1S/C15H12N2O4S3/c1-17-14(18)13(23-15(17)22)8-10-4-7-12(21-10)9-2-5-11(6-3-9)24(16,19)20/h2-8H,1H3,(H2,16,19,20)/b13-8-. The van der Waals surface area contributed by atoms with Gasteiger partial charge in [0.2, 0.25) is 10.0 Å². The summed E-state index contributed by atoms with van der Waals surface area (Å²) in [7, 11) is -2.10. The number of likely N-dealkylation sites (N-methyl/N-ethyl adjacent to an activating group) is 1. The number of thioether (sulfide) groups is 1. The van der Waals surface area contributed by atoms with Crippen molar-refractivity contribution >= 4 is 50.3 Å². The number of carbonyl (C=O) groups excluding carboxylic acids is 1. The Hall–Kier alpha value is -1.94. The fourth-order valence-corrected chi connectivity index (χ4v) is 3.74. The monoisotopic (exact) mass is 380 g/mol. The van der Waals surface area contributed by atoms with Crippen molar-refractivity contribution in [2.24, 2.45) is 5.14 Å². The largest absolute Gasteiger partial charge is 0.457 e. The first-order valence-electron chi connectivity index (χ1n) is 6.70. The molecular weight excluding hydrogens is 368 g/mol. The van der Waals surface area contributed by atoms with Crippen LogP contribution in [0, 0.1) is 0 Å². The van der Waals surface area contributed by atoms with Crippen LogP contribution in [0.25, 0.3) is 17.4 Å². The Balaban J connectivity index is 1.86. The fraction of sp³-hybridized carbons (Fsp3) is 0.0667. The summed E-state index contributed by atoms with van der Waals surface area (Å²) in [5.41, 5.74) is 0.699. The Kier molecular flexibility index (Phi) is 4.35. The third kappa shape index (κ3) is 3.29. The lowest BCUT2D eigenvalue weighted by Crippen LogP contribution is -2.22. The number of hydrogen-bond donors (Lipinski definition) is 1. The van der Waals surface area contributed by atoms with E-state index in [9.17, 15) is 13.2 Å². The highest BCUT2D eigenvalue weighted by molar-refractivity contribution is 8.26. The van der Waals surface area contributed by atoms with Crippen molar-refractivity contribution in [3.8, 4) is 11.3 Å². The molecule has 1 aliphatic rings. The van der Waals surface area contributed by atoms with E-state index in [0.29, 0.717) is 26.3 Å². The lowest BCUT2D eigenvalue weighted by atomic mass is 10.2. The van der Waals surface area contributed by atoms with Crippen LogP contribution in [0.15, 0.2) is 50.6 Å². The van der Waals surface area contributed by atoms with Crippen LogP contribution < -0.4 is 5.14 Å². The molecule has 0 saturated carbocycles. The second-order valence-electron chi connectivity index (χ2n) is 5.01. The van der Waals surface area contributed by atoms with E-state index in [1.807, 2.05) is 0 Å². The Morgan fingerprint density at radius 3 is 2.42 bits per heavy atom. The minimum Gasteiger partial charge on any atom is -0.457 e. The summed E-state index contributed by atoms with van der Waals surface area (Å²) in [6, 6.07) is 9.50. The van der Waals surface area contributed by atoms with Gasteiger partial charge in [-0.1, -0.05) is 24.0 Å². The van der Waals surface area contributed by atoms with Crippen molar-refractivity contribution in [3.63, 3.8) is 0 Å². The number of nitrogens with two attached hydrogens (primary N) is 1. The molecule has 0 unspecified atom stereocenters. The number of benzene rings is 1. The predicted molar refractivity (Wildman–Crippen MR) is 96.5 cm³/mol. The summed E-state index contributed by atoms with van der Waals surface area (Å²) in [6.45, 7) is 0. The number of hydrogen-bond acceptors (Lipinski definition) is 6. The number of furan rings is 1. The summed E-state index contributed by atoms with van der Waals surface area (Å²) < 4.78 is 28.7. The number of sulfonamides is 1. The molecule has 0 aliphatic carbocycles. The summed E-state index contributed by atoms with van der Waals surface area (Å²) in [5, 5.41) is 5.07. The molecule has 0 bridgehead atoms. The molecule has 1 aliphatic heterocycles. The molecule has 1 aromatic heterocycles. The molecular formula is C15H12N2O4S3. The summed E-state index contributed by atoms with van der Waals surface area (Å²) in [4.78, 5) is 13.9. The summed E-state index contributed by atoms with van der Waals surface area (Å²) in [6.07, 6.45) is 1.63. The van der Waals surface area contributed by atoms with Crippen LogP contribution in [-0.4, -0.2) is 30.6 Å². The van der Waals surface area contributed by atoms with Gasteiger partial charge in [-0.05, 0) is 36.4 Å². The quantitative estimate of drug-likeness (QED) is 0.649. The number of thiocarbonyl (C=S) groups is 1. The Bertz CT molecular complexity index is 959. The van der Waals surface area contributed by atoms with E-state index in [2.05, 4.69) is 0 Å². The first-order chi connectivity index (χ1) is 11.3. The van der Waals surface area contributed by atoms with Gasteiger partial charge < -0.3 is 4.42 Å². The number of amides is 1. The molecule has 1 amide bonds. The Morgan fingerprint density at radius 2 is 1.88 bits per heavy atom. The normalized spacial score (nSPS) is 17.1. The molecule has 124 valence electrons. The van der Waals surface area contributed by atoms with E-state index in [0.717, 1.165) is 0 Å². The molecule has 1 aromatic carbocycles. The van der Waals surface area contributed by atoms with E-state index in [-0.39, 0.29) is 10.8 Å². The first-order valence-corrected chi connectivity index (χ1v) is 9.47. The molecule has 0 atom stereocenters. The van der Waals surface area contributed by atoms with Crippen molar-refractivity contribution in [1.82, 2.24) is 4.90 Å². The van der Waals surface area contributed by atoms with E-state index < -0.39 is 10.0 Å². The van der Waals surface area contributed by atoms with Gasteiger partial charge in [-0.15, -0.1) is 0 Å². The minimum absolute atomic E-state index is 0.0321. The highest BCUT2D eigenvalue weighted by atomic mass is 32.2.